The van der Waals surface area contributed by atoms with E-state index in [2.05, 4.69) is 9.97 Å². The smallest absolute Gasteiger partial charge is 0.475 e. The van der Waals surface area contributed by atoms with Gasteiger partial charge in [-0.15, -0.1) is 0 Å². The van der Waals surface area contributed by atoms with Crippen molar-refractivity contribution in [1.82, 2.24) is 14.9 Å². The molecular weight excluding hydrogens is 443 g/mol. The van der Waals surface area contributed by atoms with Gasteiger partial charge < -0.3 is 23.8 Å². The maximum Gasteiger partial charge on any atom is 0.490 e. The minimum Gasteiger partial charge on any atom is -0.475 e. The number of halogens is 3. The van der Waals surface area contributed by atoms with Crippen molar-refractivity contribution in [2.45, 2.75) is 19.3 Å². The summed E-state index contributed by atoms with van der Waals surface area (Å²) in [7, 11) is 0. The Hall–Kier alpha value is -4.28. The topological polar surface area (TPSA) is 113 Å². The van der Waals surface area contributed by atoms with Gasteiger partial charge in [0.25, 0.3) is 5.91 Å². The van der Waals surface area contributed by atoms with Gasteiger partial charge in [0.1, 0.15) is 17.3 Å². The zero-order valence-corrected chi connectivity index (χ0v) is 17.0. The van der Waals surface area contributed by atoms with E-state index in [0.29, 0.717) is 36.0 Å². The number of amides is 1. The fraction of sp³-hybridized carbons (Fsp3) is 0.136. The highest BCUT2D eigenvalue weighted by Gasteiger charge is 2.38. The first-order valence-corrected chi connectivity index (χ1v) is 9.48. The average molecular weight is 461 g/mol. The average Bonchev–Trinajstić information content (AvgIpc) is 3.56. The molecule has 0 aliphatic rings. The molecule has 0 radical (unpaired) electrons. The minimum atomic E-state index is -5.08. The van der Waals surface area contributed by atoms with Crippen LogP contribution in [0.25, 0.3) is 11.4 Å². The van der Waals surface area contributed by atoms with E-state index in [9.17, 15) is 18.0 Å². The number of carboxylic acids is 1. The highest BCUT2D eigenvalue weighted by atomic mass is 19.4. The van der Waals surface area contributed by atoms with Gasteiger partial charge in [-0.3, -0.25) is 4.79 Å². The summed E-state index contributed by atoms with van der Waals surface area (Å²) < 4.78 is 42.6. The molecule has 0 aliphatic carbocycles. The molecular formula is C22H18F3N3O5. The van der Waals surface area contributed by atoms with Gasteiger partial charge in [-0.25, -0.2) is 9.78 Å². The number of hydrogen-bond donors (Lipinski definition) is 2. The number of H-pyrrole nitrogens is 1. The number of benzene rings is 1. The molecule has 11 heteroatoms. The van der Waals surface area contributed by atoms with E-state index in [4.69, 9.17) is 18.7 Å². The van der Waals surface area contributed by atoms with Crippen molar-refractivity contribution < 1.29 is 36.7 Å². The Morgan fingerprint density at radius 1 is 0.970 bits per heavy atom. The van der Waals surface area contributed by atoms with Crippen molar-refractivity contribution in [3.63, 3.8) is 0 Å². The lowest BCUT2D eigenvalue weighted by molar-refractivity contribution is -0.192. The first kappa shape index (κ1) is 23.4. The van der Waals surface area contributed by atoms with E-state index in [-0.39, 0.29) is 5.91 Å². The summed E-state index contributed by atoms with van der Waals surface area (Å²) in [6.07, 6.45) is 1.52. The van der Waals surface area contributed by atoms with E-state index >= 15 is 0 Å². The summed E-state index contributed by atoms with van der Waals surface area (Å²) in [6, 6.07) is 14.7. The molecule has 3 aromatic heterocycles. The van der Waals surface area contributed by atoms with E-state index in [1.807, 2.05) is 42.5 Å². The van der Waals surface area contributed by atoms with E-state index in [1.165, 1.54) is 0 Å². The van der Waals surface area contributed by atoms with Crippen molar-refractivity contribution in [2.24, 2.45) is 0 Å². The van der Waals surface area contributed by atoms with Crippen LogP contribution in [0.15, 0.2) is 82.3 Å². The molecule has 0 saturated carbocycles. The second-order valence-electron chi connectivity index (χ2n) is 6.61. The zero-order chi connectivity index (χ0) is 23.8. The zero-order valence-electron chi connectivity index (χ0n) is 17.0. The second kappa shape index (κ2) is 10.4. The lowest BCUT2D eigenvalue weighted by atomic mass is 10.1. The van der Waals surface area contributed by atoms with Crippen LogP contribution in [0.4, 0.5) is 13.2 Å². The van der Waals surface area contributed by atoms with Gasteiger partial charge in [0.05, 0.1) is 31.2 Å². The first-order chi connectivity index (χ1) is 15.8. The molecule has 33 heavy (non-hydrogen) atoms. The molecule has 0 spiro atoms. The Morgan fingerprint density at radius 3 is 2.00 bits per heavy atom. The van der Waals surface area contributed by atoms with Gasteiger partial charge in [-0.1, -0.05) is 18.2 Å². The lowest BCUT2D eigenvalue weighted by Crippen LogP contribution is -2.30. The molecule has 3 heterocycles. The monoisotopic (exact) mass is 461 g/mol. The SMILES string of the molecule is O=C(O)C(F)(F)F.O=C(c1ccccc1-c1ncc[nH]1)N(Cc1ccco1)Cc1ccco1. The Morgan fingerprint density at radius 2 is 1.55 bits per heavy atom. The van der Waals surface area contributed by atoms with E-state index in [0.717, 1.165) is 5.56 Å². The third-order valence-corrected chi connectivity index (χ3v) is 4.29. The summed E-state index contributed by atoms with van der Waals surface area (Å²) >= 11 is 0. The van der Waals surface area contributed by atoms with E-state index < -0.39 is 12.1 Å². The Bertz CT molecular complexity index is 1120. The molecule has 1 amide bonds. The number of carbonyl (C=O) groups is 2. The molecule has 172 valence electrons. The van der Waals surface area contributed by atoms with Crippen molar-refractivity contribution in [3.05, 3.63) is 90.5 Å². The van der Waals surface area contributed by atoms with Gasteiger partial charge in [-0.2, -0.15) is 13.2 Å². The number of carbonyl (C=O) groups excluding carboxylic acids is 1. The molecule has 0 fully saturated rings. The quantitative estimate of drug-likeness (QED) is 0.429. The molecule has 0 saturated heterocycles. The Balaban J connectivity index is 0.000000383. The maximum atomic E-state index is 13.3. The number of nitrogens with zero attached hydrogens (tertiary/aromatic N) is 2. The van der Waals surface area contributed by atoms with Crippen molar-refractivity contribution in [3.8, 4) is 11.4 Å². The third-order valence-electron chi connectivity index (χ3n) is 4.29. The maximum absolute atomic E-state index is 13.3. The number of carboxylic acid groups (broad SMARTS) is 1. The summed E-state index contributed by atoms with van der Waals surface area (Å²) in [6.45, 7) is 0.693. The van der Waals surface area contributed by atoms with Gasteiger partial charge in [0.2, 0.25) is 0 Å². The third kappa shape index (κ3) is 6.35. The van der Waals surface area contributed by atoms with Crippen LogP contribution in [0.2, 0.25) is 0 Å². The Labute approximate surface area is 185 Å². The van der Waals surface area contributed by atoms with E-state index in [1.54, 1.807) is 35.9 Å². The summed E-state index contributed by atoms with van der Waals surface area (Å²) in [5.74, 6) is -0.803. The standard InChI is InChI=1S/C20H17N3O3.C2HF3O2/c24-20(18-8-2-1-7-17(18)19-21-9-10-22-19)23(13-15-5-3-11-25-15)14-16-6-4-12-26-16;3-2(4,5)1(6)7/h1-12H,13-14H2,(H,21,22);(H,6,7). The fourth-order valence-electron chi connectivity index (χ4n) is 2.84. The molecule has 4 aromatic rings. The number of aromatic amines is 1. The van der Waals surface area contributed by atoms with Gasteiger partial charge in [0, 0.05) is 18.0 Å². The van der Waals surface area contributed by atoms with Crippen LogP contribution in [0.1, 0.15) is 21.9 Å². The Kier molecular flexibility index (Phi) is 7.34. The van der Waals surface area contributed by atoms with Crippen LogP contribution in [-0.4, -0.2) is 38.0 Å². The number of hydrogen-bond acceptors (Lipinski definition) is 5. The number of aliphatic carboxylic acids is 1. The number of aromatic nitrogens is 2. The van der Waals surface area contributed by atoms with Crippen LogP contribution < -0.4 is 0 Å². The van der Waals surface area contributed by atoms with Gasteiger partial charge >= 0.3 is 12.1 Å². The van der Waals surface area contributed by atoms with Crippen LogP contribution in [0, 0.1) is 0 Å². The number of rotatable bonds is 6. The predicted octanol–water partition coefficient (Wildman–Crippen LogP) is 4.74. The predicted molar refractivity (Wildman–Crippen MR) is 109 cm³/mol. The lowest BCUT2D eigenvalue weighted by Gasteiger charge is -2.22. The summed E-state index contributed by atoms with van der Waals surface area (Å²) in [5, 5.41) is 7.12. The van der Waals surface area contributed by atoms with Gasteiger partial charge in [0.15, 0.2) is 0 Å². The summed E-state index contributed by atoms with van der Waals surface area (Å²) in [5.41, 5.74) is 1.33. The largest absolute Gasteiger partial charge is 0.490 e. The van der Waals surface area contributed by atoms with Crippen molar-refractivity contribution >= 4 is 11.9 Å². The minimum absolute atomic E-state index is 0.121. The van der Waals surface area contributed by atoms with Crippen molar-refractivity contribution in [1.29, 1.82) is 0 Å². The number of furan rings is 2. The van der Waals surface area contributed by atoms with Crippen LogP contribution in [0.3, 0.4) is 0 Å². The molecule has 4 rings (SSSR count). The molecule has 0 unspecified atom stereocenters. The molecule has 1 aromatic carbocycles. The van der Waals surface area contributed by atoms with Gasteiger partial charge in [-0.05, 0) is 30.3 Å². The fourth-order valence-corrected chi connectivity index (χ4v) is 2.84. The van der Waals surface area contributed by atoms with Crippen LogP contribution in [0.5, 0.6) is 0 Å². The number of alkyl halides is 3. The normalized spacial score (nSPS) is 10.9. The molecule has 2 N–H and O–H groups in total. The highest BCUT2D eigenvalue weighted by Crippen LogP contribution is 2.23. The van der Waals surface area contributed by atoms with Crippen LogP contribution >= 0.6 is 0 Å². The molecule has 0 bridgehead atoms. The molecule has 0 atom stereocenters. The number of imidazole rings is 1. The molecule has 8 nitrogen and oxygen atoms in total. The molecule has 0 aliphatic heterocycles. The first-order valence-electron chi connectivity index (χ1n) is 9.48. The number of nitrogens with one attached hydrogen (secondary N) is 1. The van der Waals surface area contributed by atoms with Crippen LogP contribution in [-0.2, 0) is 17.9 Å². The highest BCUT2D eigenvalue weighted by molar-refractivity contribution is 6.00. The second-order valence-corrected chi connectivity index (χ2v) is 6.61. The van der Waals surface area contributed by atoms with Crippen molar-refractivity contribution in [2.75, 3.05) is 0 Å². The summed E-state index contributed by atoms with van der Waals surface area (Å²) in [4.78, 5) is 31.2.